The molecule has 0 unspecified atom stereocenters. The lowest BCUT2D eigenvalue weighted by Gasteiger charge is -2.38. The van der Waals surface area contributed by atoms with Gasteiger partial charge in [-0.1, -0.05) is 11.6 Å². The zero-order valence-corrected chi connectivity index (χ0v) is 13.2. The van der Waals surface area contributed by atoms with Crippen LogP contribution < -0.4 is 4.74 Å². The van der Waals surface area contributed by atoms with Crippen molar-refractivity contribution in [2.24, 2.45) is 0 Å². The van der Waals surface area contributed by atoms with Crippen LogP contribution in [0, 0.1) is 0 Å². The number of hydrogen-bond acceptors (Lipinski definition) is 3. The van der Waals surface area contributed by atoms with Gasteiger partial charge >= 0.3 is 6.09 Å². The van der Waals surface area contributed by atoms with Crippen LogP contribution in [0.1, 0.15) is 10.4 Å². The first-order chi connectivity index (χ1) is 9.99. The van der Waals surface area contributed by atoms with Crippen molar-refractivity contribution in [2.45, 2.75) is 6.04 Å². The lowest BCUT2D eigenvalue weighted by molar-refractivity contribution is 0.0390. The number of nitrogens with zero attached hydrogens (tertiary/aromatic N) is 2. The third-order valence-corrected chi connectivity index (χ3v) is 4.98. The fourth-order valence-corrected chi connectivity index (χ4v) is 3.15. The van der Waals surface area contributed by atoms with Crippen LogP contribution in [-0.4, -0.2) is 59.2 Å². The summed E-state index contributed by atoms with van der Waals surface area (Å²) >= 11 is 9.48. The first-order valence-electron chi connectivity index (χ1n) is 6.38. The van der Waals surface area contributed by atoms with Gasteiger partial charge in [-0.25, -0.2) is 4.79 Å². The molecule has 0 radical (unpaired) electrons. The Morgan fingerprint density at radius 3 is 2.90 bits per heavy atom. The molecular weight excluding hydrogens is 364 g/mol. The number of amides is 2. The number of piperazine rings is 1. The normalized spacial score (nSPS) is 21.2. The molecule has 21 heavy (non-hydrogen) atoms. The van der Waals surface area contributed by atoms with Crippen molar-refractivity contribution in [2.75, 3.05) is 26.2 Å². The van der Waals surface area contributed by atoms with Crippen molar-refractivity contribution in [1.29, 1.82) is 0 Å². The molecule has 1 fully saturated rings. The van der Waals surface area contributed by atoms with Crippen LogP contribution in [0.2, 0.25) is 5.02 Å². The van der Waals surface area contributed by atoms with Crippen molar-refractivity contribution in [3.63, 3.8) is 0 Å². The number of ether oxygens (including phenoxy) is 1. The maximum atomic E-state index is 12.6. The highest BCUT2D eigenvalue weighted by atomic mass is 79.9. The highest BCUT2D eigenvalue weighted by Gasteiger charge is 2.37. The summed E-state index contributed by atoms with van der Waals surface area (Å²) in [6, 6.07) is 3.07. The largest absolute Gasteiger partial charge is 0.489 e. The van der Waals surface area contributed by atoms with E-state index in [4.69, 9.17) is 21.4 Å². The van der Waals surface area contributed by atoms with E-state index in [1.54, 1.807) is 17.0 Å². The molecule has 0 aliphatic carbocycles. The van der Waals surface area contributed by atoms with Crippen molar-refractivity contribution < 1.29 is 19.4 Å². The average Bonchev–Trinajstić information content (AvgIpc) is 2.60. The molecular formula is C13H12BrClN2O4. The molecule has 1 N–H and O–H groups in total. The number of carboxylic acid groups (broad SMARTS) is 1. The first-order valence-corrected chi connectivity index (χ1v) is 7.55. The smallest absolute Gasteiger partial charge is 0.407 e. The molecule has 1 saturated heterocycles. The van der Waals surface area contributed by atoms with Crippen LogP contribution >= 0.6 is 27.5 Å². The molecule has 1 atom stereocenters. The van der Waals surface area contributed by atoms with E-state index in [9.17, 15) is 9.59 Å². The Morgan fingerprint density at radius 2 is 2.19 bits per heavy atom. The Morgan fingerprint density at radius 1 is 1.43 bits per heavy atom. The Balaban J connectivity index is 1.94. The summed E-state index contributed by atoms with van der Waals surface area (Å²) in [4.78, 5) is 26.6. The SMILES string of the molecule is O=C(O)N1CCN2C(=O)c3ccc(Br)c(Cl)c3OC[C@H]2C1. The Labute approximate surface area is 134 Å². The number of fused-ring (bicyclic) bond motifs is 2. The first kappa shape index (κ1) is 14.5. The topological polar surface area (TPSA) is 70.1 Å². The van der Waals surface area contributed by atoms with E-state index in [0.717, 1.165) is 0 Å². The van der Waals surface area contributed by atoms with Gasteiger partial charge in [0.05, 0.1) is 16.6 Å². The summed E-state index contributed by atoms with van der Waals surface area (Å²) in [6.07, 6.45) is -0.982. The third-order valence-electron chi connectivity index (χ3n) is 3.71. The van der Waals surface area contributed by atoms with Crippen molar-refractivity contribution in [1.82, 2.24) is 9.80 Å². The van der Waals surface area contributed by atoms with Crippen molar-refractivity contribution in [3.05, 3.63) is 27.2 Å². The molecule has 3 rings (SSSR count). The molecule has 2 aliphatic rings. The van der Waals surface area contributed by atoms with Crippen molar-refractivity contribution >= 4 is 39.5 Å². The van der Waals surface area contributed by atoms with Gasteiger partial charge in [-0.05, 0) is 28.1 Å². The molecule has 0 bridgehead atoms. The van der Waals surface area contributed by atoms with Crippen LogP contribution in [0.5, 0.6) is 5.75 Å². The van der Waals surface area contributed by atoms with E-state index in [-0.39, 0.29) is 25.1 Å². The highest BCUT2D eigenvalue weighted by molar-refractivity contribution is 9.10. The highest BCUT2D eigenvalue weighted by Crippen LogP contribution is 2.38. The molecule has 2 amide bonds. The average molecular weight is 376 g/mol. The monoisotopic (exact) mass is 374 g/mol. The lowest BCUT2D eigenvalue weighted by Crippen LogP contribution is -2.57. The molecule has 112 valence electrons. The summed E-state index contributed by atoms with van der Waals surface area (Å²) in [5, 5.41) is 9.43. The van der Waals surface area contributed by atoms with E-state index >= 15 is 0 Å². The fourth-order valence-electron chi connectivity index (χ4n) is 2.61. The second kappa shape index (κ2) is 5.38. The fraction of sp³-hybridized carbons (Fsp3) is 0.385. The van der Waals surface area contributed by atoms with Gasteiger partial charge in [-0.2, -0.15) is 0 Å². The van der Waals surface area contributed by atoms with Gasteiger partial charge in [0.15, 0.2) is 5.75 Å². The molecule has 1 aromatic carbocycles. The van der Waals surface area contributed by atoms with E-state index in [2.05, 4.69) is 15.9 Å². The summed E-state index contributed by atoms with van der Waals surface area (Å²) in [5.41, 5.74) is 0.412. The van der Waals surface area contributed by atoms with Gasteiger partial charge < -0.3 is 19.6 Å². The molecule has 2 aliphatic heterocycles. The van der Waals surface area contributed by atoms with Crippen LogP contribution in [0.25, 0.3) is 0 Å². The summed E-state index contributed by atoms with van der Waals surface area (Å²) in [6.45, 7) is 1.12. The second-order valence-corrected chi connectivity index (χ2v) is 6.16. The number of benzene rings is 1. The Kier molecular flexibility index (Phi) is 3.71. The Bertz CT molecular complexity index is 624. The summed E-state index contributed by atoms with van der Waals surface area (Å²) in [5.74, 6) is 0.180. The van der Waals surface area contributed by atoms with Gasteiger partial charge in [0.1, 0.15) is 6.61 Å². The number of carbonyl (C=O) groups excluding carboxylic acids is 1. The summed E-state index contributed by atoms with van der Waals surface area (Å²) < 4.78 is 6.34. The number of rotatable bonds is 0. The van der Waals surface area contributed by atoms with E-state index in [0.29, 0.717) is 33.9 Å². The zero-order chi connectivity index (χ0) is 15.1. The minimum atomic E-state index is -0.982. The van der Waals surface area contributed by atoms with Crippen LogP contribution in [0.4, 0.5) is 4.79 Å². The number of hydrogen-bond donors (Lipinski definition) is 1. The quantitative estimate of drug-likeness (QED) is 0.755. The zero-order valence-electron chi connectivity index (χ0n) is 10.9. The number of halogens is 2. The molecule has 8 heteroatoms. The molecule has 0 saturated carbocycles. The van der Waals surface area contributed by atoms with Gasteiger partial charge in [-0.3, -0.25) is 4.79 Å². The van der Waals surface area contributed by atoms with Gasteiger partial charge in [-0.15, -0.1) is 0 Å². The van der Waals surface area contributed by atoms with Gasteiger partial charge in [0.2, 0.25) is 0 Å². The molecule has 6 nitrogen and oxygen atoms in total. The Hall–Kier alpha value is -1.47. The van der Waals surface area contributed by atoms with E-state index in [1.807, 2.05) is 0 Å². The van der Waals surface area contributed by atoms with Gasteiger partial charge in [0, 0.05) is 24.1 Å². The third kappa shape index (κ3) is 2.44. The minimum Gasteiger partial charge on any atom is -0.489 e. The minimum absolute atomic E-state index is 0.174. The summed E-state index contributed by atoms with van der Waals surface area (Å²) in [7, 11) is 0. The molecule has 2 heterocycles. The van der Waals surface area contributed by atoms with E-state index in [1.165, 1.54) is 4.90 Å². The standard InChI is InChI=1S/C13H12BrClN2O4/c14-9-2-1-8-11(10(9)15)21-6-7-5-16(13(19)20)3-4-17(7)12(8)18/h1-2,7H,3-6H2,(H,19,20)/t7-/m1/s1. The predicted molar refractivity (Wildman–Crippen MR) is 79.1 cm³/mol. The van der Waals surface area contributed by atoms with Crippen molar-refractivity contribution in [3.8, 4) is 5.75 Å². The predicted octanol–water partition coefficient (Wildman–Crippen LogP) is 2.30. The number of carbonyl (C=O) groups is 2. The molecule has 1 aromatic rings. The lowest BCUT2D eigenvalue weighted by atomic mass is 10.1. The maximum absolute atomic E-state index is 12.6. The van der Waals surface area contributed by atoms with Crippen LogP contribution in [-0.2, 0) is 0 Å². The van der Waals surface area contributed by atoms with E-state index < -0.39 is 6.09 Å². The van der Waals surface area contributed by atoms with Gasteiger partial charge in [0.25, 0.3) is 5.91 Å². The second-order valence-electron chi connectivity index (χ2n) is 4.93. The van der Waals surface area contributed by atoms with Crippen LogP contribution in [0.15, 0.2) is 16.6 Å². The van der Waals surface area contributed by atoms with Crippen LogP contribution in [0.3, 0.4) is 0 Å². The maximum Gasteiger partial charge on any atom is 0.407 e. The molecule has 0 spiro atoms. The molecule has 0 aromatic heterocycles.